The molecule has 0 N–H and O–H groups in total. The fourth-order valence-corrected chi connectivity index (χ4v) is 3.86. The minimum atomic E-state index is -3.72. The third-order valence-corrected chi connectivity index (χ3v) is 5.49. The van der Waals surface area contributed by atoms with E-state index in [1.54, 1.807) is 19.1 Å². The minimum absolute atomic E-state index is 0.0101. The summed E-state index contributed by atoms with van der Waals surface area (Å²) >= 11 is 0. The van der Waals surface area contributed by atoms with Crippen LogP contribution in [0.4, 0.5) is 4.39 Å². The summed E-state index contributed by atoms with van der Waals surface area (Å²) < 4.78 is 45.7. The number of aryl methyl sites for hydroxylation is 1. The summed E-state index contributed by atoms with van der Waals surface area (Å²) in [4.78, 5) is -0.0101. The van der Waals surface area contributed by atoms with Crippen LogP contribution in [0.25, 0.3) is 0 Å². The normalized spacial score (nSPS) is 15.6. The van der Waals surface area contributed by atoms with Gasteiger partial charge in [-0.2, -0.15) is 4.31 Å². The number of benzene rings is 1. The number of rotatable bonds is 5. The maximum absolute atomic E-state index is 13.7. The third kappa shape index (κ3) is 2.87. The van der Waals surface area contributed by atoms with Gasteiger partial charge in [-0.05, 0) is 49.6 Å². The fraction of sp³-hybridized carbons (Fsp3) is 0.333. The Labute approximate surface area is 123 Å². The first-order valence-corrected chi connectivity index (χ1v) is 8.23. The van der Waals surface area contributed by atoms with Gasteiger partial charge in [0.2, 0.25) is 10.0 Å². The Morgan fingerprint density at radius 1 is 1.33 bits per heavy atom. The molecule has 0 radical (unpaired) electrons. The molecule has 6 heteroatoms. The lowest BCUT2D eigenvalue weighted by Gasteiger charge is -2.21. The third-order valence-electron chi connectivity index (χ3n) is 3.60. The number of furan rings is 1. The number of hydrogen-bond acceptors (Lipinski definition) is 3. The number of halogens is 1. The monoisotopic (exact) mass is 309 g/mol. The van der Waals surface area contributed by atoms with Crippen molar-refractivity contribution in [3.63, 3.8) is 0 Å². The highest BCUT2D eigenvalue weighted by molar-refractivity contribution is 7.89. The zero-order valence-electron chi connectivity index (χ0n) is 11.6. The molecule has 1 saturated carbocycles. The molecule has 1 aliphatic carbocycles. The lowest BCUT2D eigenvalue weighted by molar-refractivity contribution is 0.356. The first-order chi connectivity index (χ1) is 9.98. The van der Waals surface area contributed by atoms with Gasteiger partial charge in [0.25, 0.3) is 0 Å². The highest BCUT2D eigenvalue weighted by Crippen LogP contribution is 2.33. The van der Waals surface area contributed by atoms with Crippen LogP contribution in [0.2, 0.25) is 0 Å². The molecule has 1 aliphatic rings. The van der Waals surface area contributed by atoms with Gasteiger partial charge < -0.3 is 4.42 Å². The Kier molecular flexibility index (Phi) is 3.59. The highest BCUT2D eigenvalue weighted by Gasteiger charge is 2.38. The Bertz CT molecular complexity index is 736. The molecule has 0 atom stereocenters. The zero-order valence-corrected chi connectivity index (χ0v) is 12.4. The molecule has 2 aromatic rings. The van der Waals surface area contributed by atoms with Gasteiger partial charge in [-0.3, -0.25) is 0 Å². The maximum Gasteiger partial charge on any atom is 0.243 e. The van der Waals surface area contributed by atoms with Crippen LogP contribution in [0.15, 0.2) is 45.9 Å². The van der Waals surface area contributed by atoms with Gasteiger partial charge in [-0.1, -0.05) is 6.07 Å². The van der Waals surface area contributed by atoms with E-state index in [0.29, 0.717) is 11.3 Å². The van der Waals surface area contributed by atoms with E-state index < -0.39 is 15.8 Å². The Balaban J connectivity index is 1.95. The summed E-state index contributed by atoms with van der Waals surface area (Å²) in [5.41, 5.74) is 0.429. The standard InChI is InChI=1S/C15H16FNO3S/c1-11-4-7-14(9-15(11)16)21(18,19)17(12-5-6-12)10-13-3-2-8-20-13/h2-4,7-9,12H,5-6,10H2,1H3. The van der Waals surface area contributed by atoms with Gasteiger partial charge in [0.15, 0.2) is 0 Å². The van der Waals surface area contributed by atoms with Crippen LogP contribution in [0, 0.1) is 12.7 Å². The Morgan fingerprint density at radius 2 is 2.10 bits per heavy atom. The molecule has 0 saturated heterocycles. The number of sulfonamides is 1. The topological polar surface area (TPSA) is 50.5 Å². The summed E-state index contributed by atoms with van der Waals surface area (Å²) in [5.74, 6) is 0.0721. The molecular weight excluding hydrogens is 293 g/mol. The second-order valence-corrected chi connectivity index (χ2v) is 7.16. The molecule has 3 rings (SSSR count). The first-order valence-electron chi connectivity index (χ1n) is 6.79. The lowest BCUT2D eigenvalue weighted by atomic mass is 10.2. The number of nitrogens with zero attached hydrogens (tertiary/aromatic N) is 1. The molecule has 0 amide bonds. The Hall–Kier alpha value is -1.66. The highest BCUT2D eigenvalue weighted by atomic mass is 32.2. The summed E-state index contributed by atoms with van der Waals surface area (Å²) in [7, 11) is -3.72. The smallest absolute Gasteiger partial charge is 0.243 e. The zero-order chi connectivity index (χ0) is 15.0. The summed E-state index contributed by atoms with van der Waals surface area (Å²) in [5, 5.41) is 0. The van der Waals surface area contributed by atoms with E-state index in [1.807, 2.05) is 0 Å². The summed E-state index contributed by atoms with van der Waals surface area (Å²) in [6, 6.07) is 7.46. The molecule has 0 spiro atoms. The van der Waals surface area contributed by atoms with Crippen molar-refractivity contribution in [2.24, 2.45) is 0 Å². The van der Waals surface area contributed by atoms with E-state index >= 15 is 0 Å². The molecule has 0 aliphatic heterocycles. The van der Waals surface area contributed by atoms with Crippen molar-refractivity contribution in [2.45, 2.75) is 37.2 Å². The summed E-state index contributed by atoms with van der Waals surface area (Å²) in [6.45, 7) is 1.78. The van der Waals surface area contributed by atoms with Crippen LogP contribution in [0.3, 0.4) is 0 Å². The molecule has 0 unspecified atom stereocenters. The SMILES string of the molecule is Cc1ccc(S(=O)(=O)N(Cc2ccco2)C2CC2)cc1F. The van der Waals surface area contributed by atoms with Gasteiger partial charge in [0.1, 0.15) is 11.6 Å². The molecular formula is C15H16FNO3S. The van der Waals surface area contributed by atoms with E-state index in [-0.39, 0.29) is 17.5 Å². The molecule has 21 heavy (non-hydrogen) atoms. The van der Waals surface area contributed by atoms with Crippen LogP contribution in [0.5, 0.6) is 0 Å². The average Bonchev–Trinajstić information content (AvgIpc) is 3.15. The lowest BCUT2D eigenvalue weighted by Crippen LogP contribution is -2.32. The van der Waals surface area contributed by atoms with Crippen molar-refractivity contribution < 1.29 is 17.2 Å². The van der Waals surface area contributed by atoms with Gasteiger partial charge in [0, 0.05) is 6.04 Å². The van der Waals surface area contributed by atoms with Crippen LogP contribution in [-0.2, 0) is 16.6 Å². The first kappa shape index (κ1) is 14.3. The van der Waals surface area contributed by atoms with Crippen molar-refractivity contribution in [3.05, 3.63) is 53.7 Å². The largest absolute Gasteiger partial charge is 0.468 e. The predicted molar refractivity (Wildman–Crippen MR) is 75.6 cm³/mol. The van der Waals surface area contributed by atoms with E-state index in [2.05, 4.69) is 0 Å². The van der Waals surface area contributed by atoms with Gasteiger partial charge in [-0.15, -0.1) is 0 Å². The van der Waals surface area contributed by atoms with Gasteiger partial charge in [0.05, 0.1) is 17.7 Å². The minimum Gasteiger partial charge on any atom is -0.468 e. The van der Waals surface area contributed by atoms with Crippen molar-refractivity contribution in [3.8, 4) is 0 Å². The van der Waals surface area contributed by atoms with Crippen LogP contribution in [0.1, 0.15) is 24.2 Å². The second kappa shape index (κ2) is 5.27. The molecule has 1 fully saturated rings. The molecule has 1 heterocycles. The van der Waals surface area contributed by atoms with Crippen molar-refractivity contribution in [1.82, 2.24) is 4.31 Å². The molecule has 0 bridgehead atoms. The average molecular weight is 309 g/mol. The second-order valence-electron chi connectivity index (χ2n) is 5.27. The molecule has 4 nitrogen and oxygen atoms in total. The fourth-order valence-electron chi connectivity index (χ4n) is 2.20. The van der Waals surface area contributed by atoms with Crippen LogP contribution < -0.4 is 0 Å². The van der Waals surface area contributed by atoms with Crippen molar-refractivity contribution >= 4 is 10.0 Å². The van der Waals surface area contributed by atoms with Crippen molar-refractivity contribution in [1.29, 1.82) is 0 Å². The number of hydrogen-bond donors (Lipinski definition) is 0. The van der Waals surface area contributed by atoms with E-state index in [0.717, 1.165) is 18.9 Å². The van der Waals surface area contributed by atoms with Gasteiger partial charge >= 0.3 is 0 Å². The van der Waals surface area contributed by atoms with E-state index in [1.165, 1.54) is 22.7 Å². The Morgan fingerprint density at radius 3 is 2.67 bits per heavy atom. The van der Waals surface area contributed by atoms with Crippen molar-refractivity contribution in [2.75, 3.05) is 0 Å². The quantitative estimate of drug-likeness (QED) is 0.853. The van der Waals surface area contributed by atoms with Gasteiger partial charge in [-0.25, -0.2) is 12.8 Å². The van der Waals surface area contributed by atoms with Crippen LogP contribution in [-0.4, -0.2) is 18.8 Å². The molecule has 1 aromatic heterocycles. The predicted octanol–water partition coefficient (Wildman–Crippen LogP) is 3.08. The molecule has 1 aromatic carbocycles. The van der Waals surface area contributed by atoms with Crippen LogP contribution >= 0.6 is 0 Å². The maximum atomic E-state index is 13.7. The van der Waals surface area contributed by atoms with E-state index in [4.69, 9.17) is 4.42 Å². The summed E-state index contributed by atoms with van der Waals surface area (Å²) in [6.07, 6.45) is 3.17. The molecule has 112 valence electrons. The van der Waals surface area contributed by atoms with E-state index in [9.17, 15) is 12.8 Å².